The van der Waals surface area contributed by atoms with Gasteiger partial charge in [0.1, 0.15) is 5.75 Å². The number of nitrogens with one attached hydrogen (secondary N) is 3. The largest absolute Gasteiger partial charge is 0.435 e. The number of ether oxygens (including phenoxy) is 1. The molecule has 2 rings (SSSR count). The third-order valence-corrected chi connectivity index (χ3v) is 3.22. The van der Waals surface area contributed by atoms with Gasteiger partial charge in [-0.3, -0.25) is 14.6 Å². The lowest BCUT2D eigenvalue weighted by Gasteiger charge is -2.06. The van der Waals surface area contributed by atoms with Crippen LogP contribution in [0.4, 0.5) is 8.78 Å². The minimum Gasteiger partial charge on any atom is -0.435 e. The maximum Gasteiger partial charge on any atom is 0.387 e. The Labute approximate surface area is 145 Å². The zero-order valence-corrected chi connectivity index (χ0v) is 13.8. The van der Waals surface area contributed by atoms with Gasteiger partial charge in [0.05, 0.1) is 12.1 Å². The summed E-state index contributed by atoms with van der Waals surface area (Å²) in [6, 6.07) is 7.05. The van der Waals surface area contributed by atoms with E-state index in [2.05, 4.69) is 25.2 Å². The van der Waals surface area contributed by atoms with Crippen LogP contribution in [0.5, 0.6) is 5.75 Å². The highest BCUT2D eigenvalue weighted by Gasteiger charge is 2.06. The van der Waals surface area contributed by atoms with Crippen molar-refractivity contribution < 1.29 is 18.3 Å². The van der Waals surface area contributed by atoms with Crippen molar-refractivity contribution in [3.63, 3.8) is 0 Å². The number of benzene rings is 1. The highest BCUT2D eigenvalue weighted by atomic mass is 32.1. The van der Waals surface area contributed by atoms with Crippen LogP contribution in [0.25, 0.3) is 0 Å². The third-order valence-electron chi connectivity index (χ3n) is 3.01. The molecule has 0 spiro atoms. The van der Waals surface area contributed by atoms with Crippen LogP contribution >= 0.6 is 12.2 Å². The number of aromatic amines is 2. The summed E-state index contributed by atoms with van der Waals surface area (Å²) in [5.74, 6) is -0.423. The van der Waals surface area contributed by atoms with Crippen molar-refractivity contribution >= 4 is 23.8 Å². The Hall–Kier alpha value is -2.88. The fourth-order valence-electron chi connectivity index (χ4n) is 1.92. The van der Waals surface area contributed by atoms with Crippen LogP contribution < -0.4 is 15.7 Å². The number of amides is 1. The van der Waals surface area contributed by atoms with Gasteiger partial charge in [-0.1, -0.05) is 0 Å². The Balaban J connectivity index is 1.98. The van der Waals surface area contributed by atoms with E-state index in [9.17, 15) is 18.4 Å². The molecule has 0 saturated heterocycles. The first-order valence-corrected chi connectivity index (χ1v) is 7.45. The van der Waals surface area contributed by atoms with Crippen LogP contribution in [0.3, 0.4) is 0 Å². The molecule has 0 unspecified atom stereocenters. The Morgan fingerprint density at radius 3 is 2.60 bits per heavy atom. The predicted molar refractivity (Wildman–Crippen MR) is 89.4 cm³/mol. The summed E-state index contributed by atoms with van der Waals surface area (Å²) in [4.78, 5) is 28.2. The van der Waals surface area contributed by atoms with Crippen LogP contribution in [0.1, 0.15) is 18.2 Å². The number of aromatic nitrogens is 2. The highest BCUT2D eigenvalue weighted by Crippen LogP contribution is 2.15. The Kier molecular flexibility index (Phi) is 6.12. The van der Waals surface area contributed by atoms with Gasteiger partial charge in [-0.2, -0.15) is 13.9 Å². The number of hydrogen-bond acceptors (Lipinski definition) is 5. The summed E-state index contributed by atoms with van der Waals surface area (Å²) in [5.41, 5.74) is 3.39. The Morgan fingerprint density at radius 1 is 1.32 bits per heavy atom. The molecule has 1 heterocycles. The molecule has 10 heteroatoms. The minimum atomic E-state index is -2.89. The van der Waals surface area contributed by atoms with Crippen LogP contribution in [-0.2, 0) is 11.2 Å². The second-order valence-electron chi connectivity index (χ2n) is 4.92. The van der Waals surface area contributed by atoms with E-state index in [0.29, 0.717) is 17.0 Å². The number of carbonyl (C=O) groups is 1. The topological polar surface area (TPSA) is 99.3 Å². The Morgan fingerprint density at radius 2 is 2.00 bits per heavy atom. The van der Waals surface area contributed by atoms with Crippen molar-refractivity contribution in [3.05, 3.63) is 56.7 Å². The average Bonchev–Trinajstić information content (AvgIpc) is 2.51. The lowest BCUT2D eigenvalue weighted by Crippen LogP contribution is -2.23. The van der Waals surface area contributed by atoms with E-state index >= 15 is 0 Å². The molecular formula is C15H14F2N4O3S. The average molecular weight is 368 g/mol. The van der Waals surface area contributed by atoms with Crippen LogP contribution in [0.15, 0.2) is 40.2 Å². The first-order valence-electron chi connectivity index (χ1n) is 7.04. The summed E-state index contributed by atoms with van der Waals surface area (Å²) >= 11 is 4.82. The SMILES string of the molecule is C/C(=N/NC(=O)Cc1cc(=O)[nH]c(=S)[nH]1)c1ccc(OC(F)F)cc1. The number of nitrogens with zero attached hydrogens (tertiary/aromatic N) is 1. The molecule has 0 aliphatic heterocycles. The van der Waals surface area contributed by atoms with Gasteiger partial charge in [0.15, 0.2) is 4.77 Å². The molecule has 0 saturated carbocycles. The predicted octanol–water partition coefficient (Wildman–Crippen LogP) is 2.12. The van der Waals surface area contributed by atoms with E-state index in [4.69, 9.17) is 12.2 Å². The molecule has 132 valence electrons. The molecule has 0 aliphatic rings. The number of rotatable bonds is 6. The lowest BCUT2D eigenvalue weighted by molar-refractivity contribution is -0.120. The standard InChI is InChI=1S/C15H14F2N4O3S/c1-8(9-2-4-11(5-3-9)24-14(16)17)20-21-13(23)7-10-6-12(22)19-15(25)18-10/h2-6,14H,7H2,1H3,(H,21,23)(H2,18,19,22,25)/b20-8-. The molecule has 0 fully saturated rings. The lowest BCUT2D eigenvalue weighted by atomic mass is 10.1. The molecule has 2 aromatic rings. The van der Waals surface area contributed by atoms with Gasteiger partial charge < -0.3 is 9.72 Å². The van der Waals surface area contributed by atoms with Crippen molar-refractivity contribution in [2.45, 2.75) is 20.0 Å². The molecule has 1 amide bonds. The number of hydrazone groups is 1. The molecule has 0 radical (unpaired) electrons. The summed E-state index contributed by atoms with van der Waals surface area (Å²) in [7, 11) is 0. The van der Waals surface area contributed by atoms with E-state index in [0.717, 1.165) is 0 Å². The van der Waals surface area contributed by atoms with Gasteiger partial charge in [-0.15, -0.1) is 0 Å². The van der Waals surface area contributed by atoms with Crippen molar-refractivity contribution in [2.24, 2.45) is 5.10 Å². The molecule has 1 aromatic heterocycles. The van der Waals surface area contributed by atoms with Crippen molar-refractivity contribution in [1.82, 2.24) is 15.4 Å². The first-order chi connectivity index (χ1) is 11.8. The molecule has 1 aromatic carbocycles. The quantitative estimate of drug-likeness (QED) is 0.413. The van der Waals surface area contributed by atoms with Crippen molar-refractivity contribution in [3.8, 4) is 5.75 Å². The van der Waals surface area contributed by atoms with E-state index in [1.807, 2.05) is 0 Å². The van der Waals surface area contributed by atoms with Gasteiger partial charge >= 0.3 is 6.61 Å². The fourth-order valence-corrected chi connectivity index (χ4v) is 2.15. The van der Waals surface area contributed by atoms with Gasteiger partial charge in [0, 0.05) is 11.8 Å². The first kappa shape index (κ1) is 18.5. The molecular weight excluding hydrogens is 354 g/mol. The summed E-state index contributed by atoms with van der Waals surface area (Å²) in [6.07, 6.45) is -0.106. The van der Waals surface area contributed by atoms with Crippen LogP contribution in [-0.4, -0.2) is 28.2 Å². The number of H-pyrrole nitrogens is 2. The normalized spacial score (nSPS) is 11.4. The zero-order valence-electron chi connectivity index (χ0n) is 13.0. The number of hydrogen-bond donors (Lipinski definition) is 3. The third kappa shape index (κ3) is 5.92. The molecule has 0 bridgehead atoms. The minimum absolute atomic E-state index is 0.0279. The fraction of sp³-hybridized carbons (Fsp3) is 0.200. The molecule has 3 N–H and O–H groups in total. The van der Waals surface area contributed by atoms with Crippen LogP contribution in [0, 0.1) is 4.77 Å². The van der Waals surface area contributed by atoms with Gasteiger partial charge in [-0.05, 0) is 49.0 Å². The molecule has 0 aliphatic carbocycles. The van der Waals surface area contributed by atoms with E-state index in [1.54, 1.807) is 6.92 Å². The monoisotopic (exact) mass is 368 g/mol. The summed E-state index contributed by atoms with van der Waals surface area (Å²) < 4.78 is 28.6. The number of halogens is 2. The van der Waals surface area contributed by atoms with E-state index in [1.165, 1.54) is 30.3 Å². The maximum atomic E-state index is 12.1. The molecule has 7 nitrogen and oxygen atoms in total. The van der Waals surface area contributed by atoms with Crippen molar-refractivity contribution in [1.29, 1.82) is 0 Å². The van der Waals surface area contributed by atoms with Gasteiger partial charge in [0.25, 0.3) is 5.56 Å². The maximum absolute atomic E-state index is 12.1. The second-order valence-corrected chi connectivity index (χ2v) is 5.33. The van der Waals surface area contributed by atoms with Crippen molar-refractivity contribution in [2.75, 3.05) is 0 Å². The number of alkyl halides is 2. The zero-order chi connectivity index (χ0) is 18.4. The second kappa shape index (κ2) is 8.29. The van der Waals surface area contributed by atoms with Crippen LogP contribution in [0.2, 0.25) is 0 Å². The highest BCUT2D eigenvalue weighted by molar-refractivity contribution is 7.71. The van der Waals surface area contributed by atoms with E-state index in [-0.39, 0.29) is 16.9 Å². The number of carbonyl (C=O) groups excluding carboxylic acids is 1. The van der Waals surface area contributed by atoms with E-state index < -0.39 is 18.1 Å². The summed E-state index contributed by atoms with van der Waals surface area (Å²) in [6.45, 7) is -1.25. The van der Waals surface area contributed by atoms with Gasteiger partial charge in [-0.25, -0.2) is 5.43 Å². The summed E-state index contributed by atoms with van der Waals surface area (Å²) in [5, 5.41) is 3.93. The smallest absolute Gasteiger partial charge is 0.387 e. The molecule has 25 heavy (non-hydrogen) atoms. The van der Waals surface area contributed by atoms with Gasteiger partial charge in [0.2, 0.25) is 5.91 Å². The molecule has 0 atom stereocenters. The Bertz CT molecular complexity index is 862.